The lowest BCUT2D eigenvalue weighted by Crippen LogP contribution is -2.43. The minimum absolute atomic E-state index is 0.689. The van der Waals surface area contributed by atoms with Gasteiger partial charge in [0.25, 0.3) is 0 Å². The monoisotopic (exact) mass is 376 g/mol. The average molecular weight is 378 g/mol. The molecule has 2 aliphatic heterocycles. The molecule has 0 radical (unpaired) electrons. The van der Waals surface area contributed by atoms with Gasteiger partial charge in [-0.25, -0.2) is 0 Å². The molecule has 2 aliphatic rings. The van der Waals surface area contributed by atoms with Gasteiger partial charge in [0, 0.05) is 12.1 Å². The highest BCUT2D eigenvalue weighted by molar-refractivity contribution is 9.13. The molecule has 1 N–H and O–H groups in total. The van der Waals surface area contributed by atoms with Gasteiger partial charge in [-0.2, -0.15) is 0 Å². The molecule has 18 heavy (non-hydrogen) atoms. The fourth-order valence-corrected chi connectivity index (χ4v) is 3.87. The molecule has 1 aromatic rings. The number of furan rings is 1. The van der Waals surface area contributed by atoms with E-state index in [4.69, 9.17) is 4.42 Å². The van der Waals surface area contributed by atoms with Crippen LogP contribution in [0.1, 0.15) is 31.4 Å². The molecule has 3 rings (SSSR count). The third-order valence-electron chi connectivity index (χ3n) is 4.03. The topological polar surface area (TPSA) is 28.4 Å². The van der Waals surface area contributed by atoms with Crippen molar-refractivity contribution >= 4 is 31.9 Å². The quantitative estimate of drug-likeness (QED) is 0.873. The molecule has 0 aromatic carbocycles. The molecular formula is C13H18Br2N2O. The molecule has 2 fully saturated rings. The maximum absolute atomic E-state index is 5.69. The fraction of sp³-hybridized carbons (Fsp3) is 0.692. The second-order valence-electron chi connectivity index (χ2n) is 5.22. The van der Waals surface area contributed by atoms with Gasteiger partial charge in [0.05, 0.1) is 11.0 Å². The van der Waals surface area contributed by atoms with Crippen LogP contribution in [0.5, 0.6) is 0 Å². The Kier molecular flexibility index (Phi) is 4.13. The van der Waals surface area contributed by atoms with Gasteiger partial charge in [-0.15, -0.1) is 0 Å². The summed E-state index contributed by atoms with van der Waals surface area (Å²) in [6.45, 7) is 3.30. The number of nitrogens with one attached hydrogen (secondary N) is 1. The fourth-order valence-electron chi connectivity index (χ4n) is 3.21. The maximum atomic E-state index is 5.69. The van der Waals surface area contributed by atoms with Crippen LogP contribution in [0.2, 0.25) is 0 Å². The molecule has 0 aliphatic carbocycles. The van der Waals surface area contributed by atoms with Crippen molar-refractivity contribution in [2.24, 2.45) is 0 Å². The van der Waals surface area contributed by atoms with E-state index in [0.29, 0.717) is 12.1 Å². The Labute approximate surface area is 125 Å². The van der Waals surface area contributed by atoms with Crippen LogP contribution in [0.3, 0.4) is 0 Å². The second kappa shape index (κ2) is 5.65. The first kappa shape index (κ1) is 13.2. The van der Waals surface area contributed by atoms with Gasteiger partial charge < -0.3 is 9.73 Å². The van der Waals surface area contributed by atoms with E-state index in [2.05, 4.69) is 48.1 Å². The molecule has 5 heteroatoms. The Bertz CT molecular complexity index is 396. The van der Waals surface area contributed by atoms with Gasteiger partial charge >= 0.3 is 0 Å². The molecule has 2 saturated heterocycles. The van der Waals surface area contributed by atoms with Crippen LogP contribution < -0.4 is 5.32 Å². The molecule has 100 valence electrons. The zero-order valence-corrected chi connectivity index (χ0v) is 13.5. The SMILES string of the molecule is Brc1cc(CN2CCCC2C2CCCN2)oc1Br. The van der Waals surface area contributed by atoms with Crippen LogP contribution >= 0.6 is 31.9 Å². The summed E-state index contributed by atoms with van der Waals surface area (Å²) in [6.07, 6.45) is 5.28. The Morgan fingerprint density at radius 2 is 2.22 bits per heavy atom. The largest absolute Gasteiger partial charge is 0.452 e. The lowest BCUT2D eigenvalue weighted by Gasteiger charge is -2.28. The molecule has 0 amide bonds. The van der Waals surface area contributed by atoms with Crippen LogP contribution in [-0.2, 0) is 6.54 Å². The molecule has 0 bridgehead atoms. The van der Waals surface area contributed by atoms with Crippen molar-refractivity contribution < 1.29 is 4.42 Å². The summed E-state index contributed by atoms with van der Waals surface area (Å²) in [7, 11) is 0. The van der Waals surface area contributed by atoms with E-state index in [9.17, 15) is 0 Å². The highest BCUT2D eigenvalue weighted by Gasteiger charge is 2.33. The van der Waals surface area contributed by atoms with Gasteiger partial charge in [0.2, 0.25) is 0 Å². The molecule has 3 nitrogen and oxygen atoms in total. The van der Waals surface area contributed by atoms with Crippen molar-refractivity contribution in [3.05, 3.63) is 21.0 Å². The number of rotatable bonds is 3. The van der Waals surface area contributed by atoms with Crippen LogP contribution in [0.25, 0.3) is 0 Å². The number of likely N-dealkylation sites (tertiary alicyclic amines) is 1. The Morgan fingerprint density at radius 3 is 2.89 bits per heavy atom. The van der Waals surface area contributed by atoms with E-state index in [1.807, 2.05) is 0 Å². The highest BCUT2D eigenvalue weighted by Crippen LogP contribution is 2.30. The normalized spacial score (nSPS) is 29.2. The van der Waals surface area contributed by atoms with E-state index in [1.54, 1.807) is 0 Å². The zero-order valence-electron chi connectivity index (χ0n) is 10.3. The smallest absolute Gasteiger partial charge is 0.183 e. The lowest BCUT2D eigenvalue weighted by atomic mass is 10.0. The standard InChI is InChI=1S/C13H18Br2N2O/c14-10-7-9(18-13(10)15)8-17-6-2-4-12(17)11-3-1-5-16-11/h7,11-12,16H,1-6,8H2. The minimum atomic E-state index is 0.689. The molecule has 2 atom stereocenters. The van der Waals surface area contributed by atoms with E-state index in [-0.39, 0.29) is 0 Å². The zero-order chi connectivity index (χ0) is 12.5. The first-order chi connectivity index (χ1) is 8.74. The number of halogens is 2. The van der Waals surface area contributed by atoms with Crippen molar-refractivity contribution in [3.8, 4) is 0 Å². The third kappa shape index (κ3) is 2.69. The highest BCUT2D eigenvalue weighted by atomic mass is 79.9. The number of hydrogen-bond donors (Lipinski definition) is 1. The van der Waals surface area contributed by atoms with Crippen molar-refractivity contribution in [3.63, 3.8) is 0 Å². The summed E-state index contributed by atoms with van der Waals surface area (Å²) in [4.78, 5) is 2.57. The molecule has 1 aromatic heterocycles. The van der Waals surface area contributed by atoms with Gasteiger partial charge in [0.15, 0.2) is 4.67 Å². The summed E-state index contributed by atoms with van der Waals surface area (Å²) < 4.78 is 7.50. The summed E-state index contributed by atoms with van der Waals surface area (Å²) in [5, 5.41) is 3.64. The van der Waals surface area contributed by atoms with Gasteiger partial charge in [0.1, 0.15) is 5.76 Å². The van der Waals surface area contributed by atoms with Crippen LogP contribution in [0, 0.1) is 0 Å². The Morgan fingerprint density at radius 1 is 1.33 bits per heavy atom. The van der Waals surface area contributed by atoms with Crippen molar-refractivity contribution in [1.29, 1.82) is 0 Å². The first-order valence-corrected chi connectivity index (χ1v) is 8.24. The summed E-state index contributed by atoms with van der Waals surface area (Å²) in [5.74, 6) is 1.04. The first-order valence-electron chi connectivity index (χ1n) is 6.65. The van der Waals surface area contributed by atoms with Crippen LogP contribution in [0.15, 0.2) is 19.6 Å². The van der Waals surface area contributed by atoms with Crippen LogP contribution in [-0.4, -0.2) is 30.1 Å². The van der Waals surface area contributed by atoms with Crippen LogP contribution in [0.4, 0.5) is 0 Å². The molecular weight excluding hydrogens is 360 g/mol. The van der Waals surface area contributed by atoms with E-state index >= 15 is 0 Å². The van der Waals surface area contributed by atoms with Gasteiger partial charge in [-0.3, -0.25) is 4.90 Å². The minimum Gasteiger partial charge on any atom is -0.452 e. The predicted octanol–water partition coefficient (Wildman–Crippen LogP) is 3.52. The molecule has 0 saturated carbocycles. The van der Waals surface area contributed by atoms with Crippen molar-refractivity contribution in [2.75, 3.05) is 13.1 Å². The Balaban J connectivity index is 1.67. The number of nitrogens with zero attached hydrogens (tertiary/aromatic N) is 1. The van der Waals surface area contributed by atoms with Gasteiger partial charge in [-0.05, 0) is 76.7 Å². The number of hydrogen-bond acceptors (Lipinski definition) is 3. The second-order valence-corrected chi connectivity index (χ2v) is 6.79. The van der Waals surface area contributed by atoms with E-state index in [0.717, 1.165) is 21.4 Å². The van der Waals surface area contributed by atoms with Crippen molar-refractivity contribution in [2.45, 2.75) is 44.3 Å². The Hall–Kier alpha value is 0.160. The van der Waals surface area contributed by atoms with E-state index in [1.165, 1.54) is 38.8 Å². The predicted molar refractivity (Wildman–Crippen MR) is 78.6 cm³/mol. The summed E-state index contributed by atoms with van der Waals surface area (Å²) >= 11 is 6.88. The maximum Gasteiger partial charge on any atom is 0.183 e. The average Bonchev–Trinajstić information content (AvgIpc) is 3.01. The summed E-state index contributed by atoms with van der Waals surface area (Å²) in [6, 6.07) is 3.45. The lowest BCUT2D eigenvalue weighted by molar-refractivity contribution is 0.191. The molecule has 3 heterocycles. The van der Waals surface area contributed by atoms with Crippen molar-refractivity contribution in [1.82, 2.24) is 10.2 Å². The third-order valence-corrected chi connectivity index (χ3v) is 5.74. The van der Waals surface area contributed by atoms with Gasteiger partial charge in [-0.1, -0.05) is 0 Å². The summed E-state index contributed by atoms with van der Waals surface area (Å²) in [5.41, 5.74) is 0. The molecule has 2 unspecified atom stereocenters. The van der Waals surface area contributed by atoms with E-state index < -0.39 is 0 Å². The molecule has 0 spiro atoms.